The fourth-order valence-corrected chi connectivity index (χ4v) is 3.08. The molecule has 1 aromatic heterocycles. The second-order valence-corrected chi connectivity index (χ2v) is 5.98. The number of rotatable bonds is 6. The van der Waals surface area contributed by atoms with E-state index in [2.05, 4.69) is 25.0 Å². The first-order valence-electron chi connectivity index (χ1n) is 6.04. The van der Waals surface area contributed by atoms with Gasteiger partial charge in [-0.05, 0) is 31.7 Å². The van der Waals surface area contributed by atoms with Crippen molar-refractivity contribution in [3.63, 3.8) is 0 Å². The van der Waals surface area contributed by atoms with E-state index in [0.717, 1.165) is 18.5 Å². The number of hydrogen-bond acceptors (Lipinski definition) is 1. The van der Waals surface area contributed by atoms with Crippen molar-refractivity contribution >= 4 is 23.2 Å². The molecule has 0 saturated carbocycles. The zero-order chi connectivity index (χ0) is 13.1. The average Bonchev–Trinajstić information content (AvgIpc) is 2.55. The minimum absolute atomic E-state index is 0.0164. The Bertz CT molecular complexity index is 354. The topological polar surface area (TPSA) is 17.8 Å². The van der Waals surface area contributed by atoms with Crippen LogP contribution in [0.3, 0.4) is 0 Å². The highest BCUT2D eigenvalue weighted by Crippen LogP contribution is 2.33. The molecule has 0 atom stereocenters. The van der Waals surface area contributed by atoms with E-state index in [1.165, 1.54) is 5.69 Å². The molecule has 1 rings (SSSR count). The van der Waals surface area contributed by atoms with Crippen LogP contribution in [-0.4, -0.2) is 21.5 Å². The molecule has 0 fully saturated rings. The maximum atomic E-state index is 6.16. The van der Waals surface area contributed by atoms with Gasteiger partial charge in [0.1, 0.15) is 0 Å². The summed E-state index contributed by atoms with van der Waals surface area (Å²) in [5.74, 6) is 1.79. The lowest BCUT2D eigenvalue weighted by molar-refractivity contribution is 0.289. The molecule has 0 aromatic carbocycles. The van der Waals surface area contributed by atoms with Gasteiger partial charge in [0.2, 0.25) is 0 Å². The minimum Gasteiger partial charge on any atom is -0.272 e. The van der Waals surface area contributed by atoms with Crippen molar-refractivity contribution in [2.45, 2.75) is 33.6 Å². The van der Waals surface area contributed by atoms with E-state index in [-0.39, 0.29) is 5.41 Å². The van der Waals surface area contributed by atoms with E-state index in [4.69, 9.17) is 23.2 Å². The highest BCUT2D eigenvalue weighted by atomic mass is 35.5. The van der Waals surface area contributed by atoms with Gasteiger partial charge in [-0.15, -0.1) is 23.2 Å². The summed E-state index contributed by atoms with van der Waals surface area (Å²) in [5.41, 5.74) is 2.24. The Morgan fingerprint density at radius 1 is 1.35 bits per heavy atom. The molecule has 0 unspecified atom stereocenters. The van der Waals surface area contributed by atoms with Crippen LogP contribution in [0.1, 0.15) is 31.7 Å². The molecular formula is C13H22Cl2N2. The summed E-state index contributed by atoms with van der Waals surface area (Å²) in [6, 6.07) is 2.12. The molecular weight excluding hydrogens is 255 g/mol. The third kappa shape index (κ3) is 3.89. The van der Waals surface area contributed by atoms with Gasteiger partial charge in [0.15, 0.2) is 0 Å². The van der Waals surface area contributed by atoms with Gasteiger partial charge in [-0.25, -0.2) is 0 Å². The van der Waals surface area contributed by atoms with Gasteiger partial charge in [-0.1, -0.05) is 13.8 Å². The molecule has 0 aliphatic rings. The van der Waals surface area contributed by atoms with Crippen LogP contribution in [0.5, 0.6) is 0 Å². The van der Waals surface area contributed by atoms with Gasteiger partial charge in [-0.2, -0.15) is 5.10 Å². The van der Waals surface area contributed by atoms with E-state index >= 15 is 0 Å². The highest BCUT2D eigenvalue weighted by molar-refractivity contribution is 6.21. The first kappa shape index (κ1) is 14.8. The molecule has 0 amide bonds. The second kappa shape index (κ2) is 6.10. The standard InChI is InChI=1S/C13H22Cl2N2/c1-10(2)6-13(8-14,9-15)7-12-5-11(3)16-17(12)4/h5,10H,6-9H2,1-4H3. The molecule has 2 nitrogen and oxygen atoms in total. The molecule has 0 N–H and O–H groups in total. The van der Waals surface area contributed by atoms with Crippen LogP contribution >= 0.6 is 23.2 Å². The van der Waals surface area contributed by atoms with E-state index in [9.17, 15) is 0 Å². The molecule has 0 radical (unpaired) electrons. The minimum atomic E-state index is -0.0164. The van der Waals surface area contributed by atoms with Crippen molar-refractivity contribution < 1.29 is 0 Å². The molecule has 1 heterocycles. The molecule has 98 valence electrons. The van der Waals surface area contributed by atoms with E-state index in [1.54, 1.807) is 0 Å². The monoisotopic (exact) mass is 276 g/mol. The van der Waals surface area contributed by atoms with Crippen LogP contribution in [-0.2, 0) is 13.5 Å². The number of halogens is 2. The molecule has 0 bridgehead atoms. The average molecular weight is 277 g/mol. The van der Waals surface area contributed by atoms with Crippen LogP contribution < -0.4 is 0 Å². The normalized spacial score (nSPS) is 12.4. The SMILES string of the molecule is Cc1cc(CC(CCl)(CCl)CC(C)C)n(C)n1. The van der Waals surface area contributed by atoms with Crippen molar-refractivity contribution in [3.05, 3.63) is 17.5 Å². The summed E-state index contributed by atoms with van der Waals surface area (Å²) in [5, 5.41) is 4.37. The maximum Gasteiger partial charge on any atom is 0.0596 e. The van der Waals surface area contributed by atoms with Crippen LogP contribution in [0, 0.1) is 18.3 Å². The third-order valence-electron chi connectivity index (χ3n) is 3.06. The van der Waals surface area contributed by atoms with Gasteiger partial charge in [0.25, 0.3) is 0 Å². The molecule has 0 spiro atoms. The summed E-state index contributed by atoms with van der Waals surface area (Å²) < 4.78 is 1.93. The molecule has 0 aliphatic carbocycles. The maximum absolute atomic E-state index is 6.16. The summed E-state index contributed by atoms with van der Waals surface area (Å²) in [6.45, 7) is 6.43. The molecule has 17 heavy (non-hydrogen) atoms. The van der Waals surface area contributed by atoms with E-state index in [1.807, 2.05) is 18.7 Å². The Kier molecular flexibility index (Phi) is 5.33. The predicted octanol–water partition coefficient (Wildman–Crippen LogP) is 3.78. The van der Waals surface area contributed by atoms with Crippen molar-refractivity contribution in [3.8, 4) is 0 Å². The largest absolute Gasteiger partial charge is 0.272 e. The van der Waals surface area contributed by atoms with Gasteiger partial charge < -0.3 is 0 Å². The lowest BCUT2D eigenvalue weighted by atomic mass is 9.79. The van der Waals surface area contributed by atoms with Gasteiger partial charge in [-0.3, -0.25) is 4.68 Å². The lowest BCUT2D eigenvalue weighted by Gasteiger charge is -2.31. The quantitative estimate of drug-likeness (QED) is 0.723. The zero-order valence-corrected chi connectivity index (χ0v) is 12.6. The van der Waals surface area contributed by atoms with Crippen LogP contribution in [0.4, 0.5) is 0 Å². The summed E-state index contributed by atoms with van der Waals surface area (Å²) >= 11 is 12.3. The molecule has 1 aromatic rings. The van der Waals surface area contributed by atoms with Crippen molar-refractivity contribution in [1.82, 2.24) is 9.78 Å². The number of hydrogen-bond donors (Lipinski definition) is 0. The highest BCUT2D eigenvalue weighted by Gasteiger charge is 2.30. The summed E-state index contributed by atoms with van der Waals surface area (Å²) in [4.78, 5) is 0. The van der Waals surface area contributed by atoms with Gasteiger partial charge >= 0.3 is 0 Å². The molecule has 0 saturated heterocycles. The molecule has 0 aliphatic heterocycles. The smallest absolute Gasteiger partial charge is 0.0596 e. The fraction of sp³-hybridized carbons (Fsp3) is 0.769. The van der Waals surface area contributed by atoms with Crippen molar-refractivity contribution in [2.24, 2.45) is 18.4 Å². The number of aryl methyl sites for hydroxylation is 2. The predicted molar refractivity (Wildman–Crippen MR) is 75.0 cm³/mol. The zero-order valence-electron chi connectivity index (χ0n) is 11.1. The lowest BCUT2D eigenvalue weighted by Crippen LogP contribution is -2.30. The van der Waals surface area contributed by atoms with Crippen molar-refractivity contribution in [1.29, 1.82) is 0 Å². The Hall–Kier alpha value is -0.210. The first-order valence-corrected chi connectivity index (χ1v) is 7.11. The Morgan fingerprint density at radius 2 is 1.94 bits per heavy atom. The van der Waals surface area contributed by atoms with Crippen LogP contribution in [0.2, 0.25) is 0 Å². The Labute approximate surface area is 114 Å². The molecule has 4 heteroatoms. The third-order valence-corrected chi connectivity index (χ3v) is 4.20. The summed E-state index contributed by atoms with van der Waals surface area (Å²) in [6.07, 6.45) is 1.94. The second-order valence-electron chi connectivity index (χ2n) is 5.44. The number of aromatic nitrogens is 2. The van der Waals surface area contributed by atoms with E-state index in [0.29, 0.717) is 17.7 Å². The summed E-state index contributed by atoms with van der Waals surface area (Å²) in [7, 11) is 1.98. The number of alkyl halides is 2. The van der Waals surface area contributed by atoms with Crippen molar-refractivity contribution in [2.75, 3.05) is 11.8 Å². The Morgan fingerprint density at radius 3 is 2.29 bits per heavy atom. The van der Waals surface area contributed by atoms with Crippen LogP contribution in [0.15, 0.2) is 6.07 Å². The first-order chi connectivity index (χ1) is 7.92. The van der Waals surface area contributed by atoms with Crippen LogP contribution in [0.25, 0.3) is 0 Å². The van der Waals surface area contributed by atoms with E-state index < -0.39 is 0 Å². The Balaban J connectivity index is 2.89. The number of nitrogens with zero attached hydrogens (tertiary/aromatic N) is 2. The van der Waals surface area contributed by atoms with Gasteiger partial charge in [0, 0.05) is 29.9 Å². The fourth-order valence-electron chi connectivity index (χ4n) is 2.39. The van der Waals surface area contributed by atoms with Gasteiger partial charge in [0.05, 0.1) is 5.69 Å².